The predicted molar refractivity (Wildman–Crippen MR) is 76.8 cm³/mol. The van der Waals surface area contributed by atoms with Gasteiger partial charge in [-0.1, -0.05) is 17.7 Å². The van der Waals surface area contributed by atoms with Gasteiger partial charge in [0.2, 0.25) is 10.0 Å². The van der Waals surface area contributed by atoms with Crippen molar-refractivity contribution in [3.05, 3.63) is 29.3 Å². The van der Waals surface area contributed by atoms with Gasteiger partial charge < -0.3 is 5.32 Å². The Hall–Kier alpha value is -0.620. The highest BCUT2D eigenvalue weighted by molar-refractivity contribution is 7.89. The van der Waals surface area contributed by atoms with Crippen LogP contribution in [0.4, 0.5) is 0 Å². The predicted octanol–water partition coefficient (Wildman–Crippen LogP) is 2.01. The van der Waals surface area contributed by atoms with Crippen LogP contribution in [0, 0.1) is 5.92 Å². The molecule has 1 aromatic carbocycles. The molecular weight excluding hydrogens is 284 g/mol. The first-order chi connectivity index (χ1) is 8.99. The summed E-state index contributed by atoms with van der Waals surface area (Å²) in [6.45, 7) is 3.79. The largest absolute Gasteiger partial charge is 0.316 e. The average molecular weight is 303 g/mol. The lowest BCUT2D eigenvalue weighted by molar-refractivity contribution is 0.320. The van der Waals surface area contributed by atoms with Crippen LogP contribution in [0.3, 0.4) is 0 Å². The summed E-state index contributed by atoms with van der Waals surface area (Å²) in [5, 5.41) is 3.72. The van der Waals surface area contributed by atoms with Crippen molar-refractivity contribution < 1.29 is 8.42 Å². The standard InChI is InChI=1S/C13H19ClN2O2S/c1-10(11-4-3-7-15-9-11)16-19(17,18)13-6-2-5-12(14)8-13/h2,5-6,8,10-11,15-16H,3-4,7,9H2,1H3. The Kier molecular flexibility index (Phi) is 4.84. The maximum Gasteiger partial charge on any atom is 0.240 e. The van der Waals surface area contributed by atoms with E-state index in [0.29, 0.717) is 10.9 Å². The highest BCUT2D eigenvalue weighted by atomic mass is 35.5. The van der Waals surface area contributed by atoms with Crippen molar-refractivity contribution in [1.82, 2.24) is 10.0 Å². The fourth-order valence-corrected chi connectivity index (χ4v) is 3.96. The summed E-state index contributed by atoms with van der Waals surface area (Å²) in [5.41, 5.74) is 0. The van der Waals surface area contributed by atoms with Gasteiger partial charge in [0, 0.05) is 11.1 Å². The first-order valence-corrected chi connectivity index (χ1v) is 8.34. The maximum atomic E-state index is 12.2. The van der Waals surface area contributed by atoms with Crippen LogP contribution in [-0.2, 0) is 10.0 Å². The van der Waals surface area contributed by atoms with Crippen LogP contribution in [0.1, 0.15) is 19.8 Å². The molecule has 0 radical (unpaired) electrons. The SMILES string of the molecule is CC(NS(=O)(=O)c1cccc(Cl)c1)C1CCCNC1. The molecule has 0 saturated carbocycles. The monoisotopic (exact) mass is 302 g/mol. The van der Waals surface area contributed by atoms with E-state index in [-0.39, 0.29) is 10.9 Å². The number of rotatable bonds is 4. The molecular formula is C13H19ClN2O2S. The third-order valence-electron chi connectivity index (χ3n) is 3.49. The second-order valence-electron chi connectivity index (χ2n) is 4.97. The highest BCUT2D eigenvalue weighted by Crippen LogP contribution is 2.19. The molecule has 0 aliphatic carbocycles. The molecule has 1 saturated heterocycles. The highest BCUT2D eigenvalue weighted by Gasteiger charge is 2.25. The van der Waals surface area contributed by atoms with Crippen LogP contribution >= 0.6 is 11.6 Å². The van der Waals surface area contributed by atoms with Crippen molar-refractivity contribution in [1.29, 1.82) is 0 Å². The van der Waals surface area contributed by atoms with E-state index in [1.54, 1.807) is 18.2 Å². The molecule has 1 aromatic rings. The van der Waals surface area contributed by atoms with Crippen LogP contribution in [0.15, 0.2) is 29.2 Å². The van der Waals surface area contributed by atoms with Crippen molar-refractivity contribution >= 4 is 21.6 Å². The fraction of sp³-hybridized carbons (Fsp3) is 0.538. The molecule has 2 rings (SSSR count). The van der Waals surface area contributed by atoms with Gasteiger partial charge in [-0.3, -0.25) is 0 Å². The zero-order valence-corrected chi connectivity index (χ0v) is 12.5. The summed E-state index contributed by atoms with van der Waals surface area (Å²) in [5.74, 6) is 0.336. The molecule has 0 aromatic heterocycles. The van der Waals surface area contributed by atoms with Gasteiger partial charge in [0.25, 0.3) is 0 Å². The van der Waals surface area contributed by atoms with E-state index in [1.807, 2.05) is 6.92 Å². The molecule has 2 N–H and O–H groups in total. The van der Waals surface area contributed by atoms with Gasteiger partial charge in [-0.25, -0.2) is 13.1 Å². The van der Waals surface area contributed by atoms with Crippen molar-refractivity contribution in [3.63, 3.8) is 0 Å². The summed E-state index contributed by atoms with van der Waals surface area (Å²) in [6.07, 6.45) is 2.14. The smallest absolute Gasteiger partial charge is 0.240 e. The Bertz CT molecular complexity index is 527. The Morgan fingerprint density at radius 2 is 2.26 bits per heavy atom. The van der Waals surface area contributed by atoms with E-state index in [2.05, 4.69) is 10.0 Å². The van der Waals surface area contributed by atoms with Crippen LogP contribution in [0.25, 0.3) is 0 Å². The first kappa shape index (κ1) is 14.8. The minimum atomic E-state index is -3.49. The molecule has 1 aliphatic heterocycles. The van der Waals surface area contributed by atoms with E-state index in [4.69, 9.17) is 11.6 Å². The second-order valence-corrected chi connectivity index (χ2v) is 7.12. The molecule has 106 valence electrons. The van der Waals surface area contributed by atoms with Crippen LogP contribution in [0.5, 0.6) is 0 Å². The lowest BCUT2D eigenvalue weighted by Crippen LogP contribution is -2.44. The van der Waals surface area contributed by atoms with Gasteiger partial charge in [-0.15, -0.1) is 0 Å². The van der Waals surface area contributed by atoms with E-state index in [0.717, 1.165) is 25.9 Å². The van der Waals surface area contributed by atoms with Crippen LogP contribution in [0.2, 0.25) is 5.02 Å². The van der Waals surface area contributed by atoms with Gasteiger partial charge in [-0.2, -0.15) is 0 Å². The topological polar surface area (TPSA) is 58.2 Å². The van der Waals surface area contributed by atoms with E-state index in [9.17, 15) is 8.42 Å². The fourth-order valence-electron chi connectivity index (χ4n) is 2.35. The second kappa shape index (κ2) is 6.22. The Labute approximate surface area is 119 Å². The van der Waals surface area contributed by atoms with Crippen LogP contribution < -0.4 is 10.0 Å². The molecule has 4 nitrogen and oxygen atoms in total. The summed E-state index contributed by atoms with van der Waals surface area (Å²) in [6, 6.07) is 6.24. The number of benzene rings is 1. The van der Waals surface area contributed by atoms with Crippen LogP contribution in [-0.4, -0.2) is 27.5 Å². The number of hydrogen-bond acceptors (Lipinski definition) is 3. The van der Waals surface area contributed by atoms with Crippen molar-refractivity contribution in [2.24, 2.45) is 5.92 Å². The molecule has 0 spiro atoms. The molecule has 0 bridgehead atoms. The van der Waals surface area contributed by atoms with Gasteiger partial charge in [-0.05, 0) is 57.0 Å². The summed E-state index contributed by atoms with van der Waals surface area (Å²) >= 11 is 5.83. The van der Waals surface area contributed by atoms with E-state index < -0.39 is 10.0 Å². The molecule has 2 unspecified atom stereocenters. The molecule has 19 heavy (non-hydrogen) atoms. The van der Waals surface area contributed by atoms with Crippen molar-refractivity contribution in [2.45, 2.75) is 30.7 Å². The minimum Gasteiger partial charge on any atom is -0.316 e. The summed E-state index contributed by atoms with van der Waals surface area (Å²) in [7, 11) is -3.49. The minimum absolute atomic E-state index is 0.0863. The third kappa shape index (κ3) is 3.92. The summed E-state index contributed by atoms with van der Waals surface area (Å²) < 4.78 is 27.2. The van der Waals surface area contributed by atoms with Crippen molar-refractivity contribution in [3.8, 4) is 0 Å². The Morgan fingerprint density at radius 1 is 1.47 bits per heavy atom. The van der Waals surface area contributed by atoms with Crippen molar-refractivity contribution in [2.75, 3.05) is 13.1 Å². The number of nitrogens with one attached hydrogen (secondary N) is 2. The van der Waals surface area contributed by atoms with E-state index in [1.165, 1.54) is 6.07 Å². The summed E-state index contributed by atoms with van der Waals surface area (Å²) in [4.78, 5) is 0.218. The lowest BCUT2D eigenvalue weighted by atomic mass is 9.94. The normalized spacial score (nSPS) is 22.1. The number of sulfonamides is 1. The van der Waals surface area contributed by atoms with Gasteiger partial charge >= 0.3 is 0 Å². The lowest BCUT2D eigenvalue weighted by Gasteiger charge is -2.28. The molecule has 6 heteroatoms. The molecule has 2 atom stereocenters. The maximum absolute atomic E-state index is 12.2. The first-order valence-electron chi connectivity index (χ1n) is 6.47. The van der Waals surface area contributed by atoms with E-state index >= 15 is 0 Å². The number of hydrogen-bond donors (Lipinski definition) is 2. The number of piperidine rings is 1. The Balaban J connectivity index is 2.08. The average Bonchev–Trinajstić information content (AvgIpc) is 2.39. The Morgan fingerprint density at radius 3 is 2.89 bits per heavy atom. The van der Waals surface area contributed by atoms with Gasteiger partial charge in [0.05, 0.1) is 4.90 Å². The van der Waals surface area contributed by atoms with Gasteiger partial charge in [0.1, 0.15) is 0 Å². The molecule has 1 aliphatic rings. The number of halogens is 1. The molecule has 1 heterocycles. The quantitative estimate of drug-likeness (QED) is 0.894. The van der Waals surface area contributed by atoms with Gasteiger partial charge in [0.15, 0.2) is 0 Å². The zero-order chi connectivity index (χ0) is 13.9. The molecule has 0 amide bonds. The third-order valence-corrected chi connectivity index (χ3v) is 5.28. The molecule has 1 fully saturated rings. The zero-order valence-electron chi connectivity index (χ0n) is 10.9.